The van der Waals surface area contributed by atoms with Crippen LogP contribution in [0, 0.1) is 5.41 Å². The van der Waals surface area contributed by atoms with Gasteiger partial charge >= 0.3 is 0 Å². The van der Waals surface area contributed by atoms with Crippen molar-refractivity contribution >= 4 is 21.6 Å². The molecule has 2 rings (SSSR count). The number of halogens is 1. The molecule has 0 bridgehead atoms. The third kappa shape index (κ3) is 3.87. The second-order valence-electron chi connectivity index (χ2n) is 6.10. The van der Waals surface area contributed by atoms with Gasteiger partial charge in [0.2, 0.25) is 0 Å². The number of anilines is 1. The summed E-state index contributed by atoms with van der Waals surface area (Å²) in [5, 5.41) is 5.32. The summed E-state index contributed by atoms with van der Waals surface area (Å²) in [5.74, 6) is 0. The van der Waals surface area contributed by atoms with Gasteiger partial charge in [0.05, 0.1) is 18.4 Å². The zero-order chi connectivity index (χ0) is 15.3. The van der Waals surface area contributed by atoms with Gasteiger partial charge < -0.3 is 4.90 Å². The van der Waals surface area contributed by atoms with Crippen LogP contribution >= 0.6 is 15.9 Å². The molecule has 1 aromatic heterocycles. The predicted octanol–water partition coefficient (Wildman–Crippen LogP) is 3.43. The lowest BCUT2D eigenvalue weighted by Gasteiger charge is -2.30. The predicted molar refractivity (Wildman–Crippen MR) is 91.4 cm³/mol. The normalized spacial score (nSPS) is 16.2. The molecule has 118 valence electrons. The lowest BCUT2D eigenvalue weighted by Crippen LogP contribution is -2.36. The Morgan fingerprint density at radius 1 is 1.24 bits per heavy atom. The fourth-order valence-corrected chi connectivity index (χ4v) is 3.86. The van der Waals surface area contributed by atoms with E-state index in [1.807, 2.05) is 6.20 Å². The van der Waals surface area contributed by atoms with Crippen LogP contribution in [0.4, 0.5) is 5.69 Å². The summed E-state index contributed by atoms with van der Waals surface area (Å²) in [6, 6.07) is 1.75. The SMILES string of the molecule is CCC(CC)(CBr)Cn1ncc(N2CCCCC2)cc1=O. The Balaban J connectivity index is 2.17. The molecule has 0 aromatic carbocycles. The van der Waals surface area contributed by atoms with E-state index >= 15 is 0 Å². The van der Waals surface area contributed by atoms with Crippen molar-refractivity contribution in [3.8, 4) is 0 Å². The summed E-state index contributed by atoms with van der Waals surface area (Å²) in [6.07, 6.45) is 7.65. The molecule has 0 atom stereocenters. The minimum absolute atomic E-state index is 0.0188. The molecule has 1 saturated heterocycles. The largest absolute Gasteiger partial charge is 0.370 e. The Bertz CT molecular complexity index is 496. The maximum absolute atomic E-state index is 12.4. The summed E-state index contributed by atoms with van der Waals surface area (Å²) in [7, 11) is 0. The smallest absolute Gasteiger partial charge is 0.268 e. The van der Waals surface area contributed by atoms with Gasteiger partial charge in [-0.05, 0) is 37.5 Å². The Morgan fingerprint density at radius 3 is 2.43 bits per heavy atom. The highest BCUT2D eigenvalue weighted by molar-refractivity contribution is 9.09. The summed E-state index contributed by atoms with van der Waals surface area (Å²) >= 11 is 3.60. The molecule has 0 amide bonds. The third-order valence-electron chi connectivity index (χ3n) is 4.85. The number of rotatable bonds is 6. The van der Waals surface area contributed by atoms with E-state index in [-0.39, 0.29) is 11.0 Å². The lowest BCUT2D eigenvalue weighted by molar-refractivity contribution is 0.242. The summed E-state index contributed by atoms with van der Waals surface area (Å²) in [5.41, 5.74) is 1.11. The van der Waals surface area contributed by atoms with E-state index < -0.39 is 0 Å². The van der Waals surface area contributed by atoms with Crippen molar-refractivity contribution in [1.29, 1.82) is 0 Å². The Morgan fingerprint density at radius 2 is 1.90 bits per heavy atom. The van der Waals surface area contributed by atoms with Crippen molar-refractivity contribution in [3.63, 3.8) is 0 Å². The minimum atomic E-state index is 0.0188. The average Bonchev–Trinajstić information content (AvgIpc) is 2.55. The maximum atomic E-state index is 12.4. The van der Waals surface area contributed by atoms with Crippen LogP contribution in [0.1, 0.15) is 46.0 Å². The van der Waals surface area contributed by atoms with E-state index in [2.05, 4.69) is 39.8 Å². The molecule has 21 heavy (non-hydrogen) atoms. The van der Waals surface area contributed by atoms with E-state index in [1.165, 1.54) is 19.3 Å². The van der Waals surface area contributed by atoms with Crippen molar-refractivity contribution in [2.75, 3.05) is 23.3 Å². The van der Waals surface area contributed by atoms with Crippen molar-refractivity contribution in [2.24, 2.45) is 5.41 Å². The molecule has 2 heterocycles. The lowest BCUT2D eigenvalue weighted by atomic mass is 9.85. The molecular weight excluding hydrogens is 330 g/mol. The first-order chi connectivity index (χ1) is 10.1. The highest BCUT2D eigenvalue weighted by Gasteiger charge is 2.26. The molecule has 0 N–H and O–H groups in total. The van der Waals surface area contributed by atoms with Crippen LogP contribution in [0.5, 0.6) is 0 Å². The fourth-order valence-electron chi connectivity index (χ4n) is 2.89. The number of hydrogen-bond donors (Lipinski definition) is 0. The van der Waals surface area contributed by atoms with E-state index in [4.69, 9.17) is 0 Å². The molecule has 1 aromatic rings. The second kappa shape index (κ2) is 7.43. The molecule has 1 fully saturated rings. The number of nitrogens with zero attached hydrogens (tertiary/aromatic N) is 3. The van der Waals surface area contributed by atoms with Crippen LogP contribution in [0.15, 0.2) is 17.1 Å². The Kier molecular flexibility index (Phi) is 5.85. The average molecular weight is 356 g/mol. The summed E-state index contributed by atoms with van der Waals surface area (Å²) in [4.78, 5) is 14.6. The van der Waals surface area contributed by atoms with Gasteiger partial charge in [-0.3, -0.25) is 4.79 Å². The topological polar surface area (TPSA) is 38.1 Å². The molecule has 0 unspecified atom stereocenters. The second-order valence-corrected chi connectivity index (χ2v) is 6.66. The fraction of sp³-hybridized carbons (Fsp3) is 0.750. The Labute approximate surface area is 135 Å². The zero-order valence-electron chi connectivity index (χ0n) is 13.1. The molecule has 5 heteroatoms. The van der Waals surface area contributed by atoms with Gasteiger partial charge in [0.1, 0.15) is 0 Å². The van der Waals surface area contributed by atoms with Crippen molar-refractivity contribution in [2.45, 2.75) is 52.5 Å². The van der Waals surface area contributed by atoms with E-state index in [1.54, 1.807) is 10.7 Å². The van der Waals surface area contributed by atoms with Crippen LogP contribution in [0.3, 0.4) is 0 Å². The summed E-state index contributed by atoms with van der Waals surface area (Å²) < 4.78 is 1.63. The first kappa shape index (κ1) is 16.5. The quantitative estimate of drug-likeness (QED) is 0.733. The monoisotopic (exact) mass is 355 g/mol. The molecule has 0 aliphatic carbocycles. The van der Waals surface area contributed by atoms with Gasteiger partial charge in [0, 0.05) is 24.5 Å². The number of alkyl halides is 1. The van der Waals surface area contributed by atoms with Crippen LogP contribution in [-0.2, 0) is 6.54 Å². The molecule has 4 nitrogen and oxygen atoms in total. The minimum Gasteiger partial charge on any atom is -0.370 e. The van der Waals surface area contributed by atoms with E-state index in [0.29, 0.717) is 6.54 Å². The molecule has 0 saturated carbocycles. The number of aromatic nitrogens is 2. The van der Waals surface area contributed by atoms with Crippen LogP contribution in [-0.4, -0.2) is 28.2 Å². The molecule has 0 spiro atoms. The van der Waals surface area contributed by atoms with Crippen LogP contribution in [0.2, 0.25) is 0 Å². The molecule has 1 aliphatic heterocycles. The highest BCUT2D eigenvalue weighted by atomic mass is 79.9. The van der Waals surface area contributed by atoms with Gasteiger partial charge in [0.15, 0.2) is 0 Å². The summed E-state index contributed by atoms with van der Waals surface area (Å²) in [6.45, 7) is 7.13. The Hall–Kier alpha value is -0.840. The van der Waals surface area contributed by atoms with Gasteiger partial charge in [-0.15, -0.1) is 0 Å². The first-order valence-electron chi connectivity index (χ1n) is 8.02. The van der Waals surface area contributed by atoms with Crippen LogP contribution < -0.4 is 10.5 Å². The van der Waals surface area contributed by atoms with Crippen LogP contribution in [0.25, 0.3) is 0 Å². The number of hydrogen-bond acceptors (Lipinski definition) is 3. The van der Waals surface area contributed by atoms with E-state index in [0.717, 1.165) is 36.9 Å². The zero-order valence-corrected chi connectivity index (χ0v) is 14.7. The van der Waals surface area contributed by atoms with Crippen molar-refractivity contribution in [1.82, 2.24) is 9.78 Å². The third-order valence-corrected chi connectivity index (χ3v) is 6.03. The van der Waals surface area contributed by atoms with Crippen molar-refractivity contribution < 1.29 is 0 Å². The highest BCUT2D eigenvalue weighted by Crippen LogP contribution is 2.30. The van der Waals surface area contributed by atoms with Crippen molar-refractivity contribution in [3.05, 3.63) is 22.6 Å². The van der Waals surface area contributed by atoms with Gasteiger partial charge in [0.25, 0.3) is 5.56 Å². The molecule has 0 radical (unpaired) electrons. The number of piperidine rings is 1. The van der Waals surface area contributed by atoms with Gasteiger partial charge in [-0.2, -0.15) is 5.10 Å². The molecular formula is C16H26BrN3O. The first-order valence-corrected chi connectivity index (χ1v) is 9.14. The maximum Gasteiger partial charge on any atom is 0.268 e. The standard InChI is InChI=1S/C16H26BrN3O/c1-3-16(4-2,12-17)13-20-15(21)10-14(11-18-20)19-8-6-5-7-9-19/h10-11H,3-9,12-13H2,1-2H3. The van der Waals surface area contributed by atoms with E-state index in [9.17, 15) is 4.79 Å². The van der Waals surface area contributed by atoms with Gasteiger partial charge in [-0.25, -0.2) is 4.68 Å². The molecule has 1 aliphatic rings. The van der Waals surface area contributed by atoms with Gasteiger partial charge in [-0.1, -0.05) is 29.8 Å².